The molecular weight excluding hydrogens is 536 g/mol. The van der Waals surface area contributed by atoms with Crippen molar-refractivity contribution >= 4 is 0 Å². The summed E-state index contributed by atoms with van der Waals surface area (Å²) in [5.41, 5.74) is 5.47. The fourth-order valence-electron chi connectivity index (χ4n) is 6.39. The maximum Gasteiger partial charge on any atom is 0.128 e. The monoisotopic (exact) mass is 582 g/mol. The Bertz CT molecular complexity index is 1080. The van der Waals surface area contributed by atoms with Gasteiger partial charge in [0.2, 0.25) is 0 Å². The molecule has 0 unspecified atom stereocenters. The smallest absolute Gasteiger partial charge is 0.128 e. The van der Waals surface area contributed by atoms with Crippen LogP contribution in [0, 0.1) is 0 Å². The molecule has 0 aromatic heterocycles. The van der Waals surface area contributed by atoms with E-state index in [-0.39, 0.29) is 11.5 Å². The van der Waals surface area contributed by atoms with Gasteiger partial charge in [0.1, 0.15) is 11.5 Å². The number of morpholine rings is 4. The zero-order valence-corrected chi connectivity index (χ0v) is 24.8. The van der Waals surface area contributed by atoms with E-state index in [9.17, 15) is 10.2 Å². The second-order valence-electron chi connectivity index (χ2n) is 11.9. The number of hydrogen-bond donors (Lipinski definition) is 2. The quantitative estimate of drug-likeness (QED) is 0.458. The van der Waals surface area contributed by atoms with Crippen LogP contribution in [-0.2, 0) is 45.1 Å². The number of ether oxygens (including phenoxy) is 4. The Morgan fingerprint density at radius 2 is 0.714 bits per heavy atom. The number of phenols is 2. The lowest BCUT2D eigenvalue weighted by Gasteiger charge is -2.30. The van der Waals surface area contributed by atoms with Gasteiger partial charge in [-0.3, -0.25) is 19.6 Å². The molecule has 0 saturated carbocycles. The zero-order valence-electron chi connectivity index (χ0n) is 24.8. The Hall–Kier alpha value is -2.28. The van der Waals surface area contributed by atoms with Crippen molar-refractivity contribution in [2.75, 3.05) is 105 Å². The molecule has 0 atom stereocenters. The van der Waals surface area contributed by atoms with E-state index >= 15 is 0 Å². The molecule has 0 bridgehead atoms. The standard InChI is InChI=1S/C32H46N4O6/c37-31-27(23-35-5-13-41-14-6-35)17-25(21-33-1-9-39-10-2-33)19-29(31)30-20-26(22-34-3-11-40-12-4-34)18-28(32(30)38)24-36-7-15-42-16-8-36/h17-20,37-38H,1-16,21-24H2. The molecule has 4 fully saturated rings. The summed E-state index contributed by atoms with van der Waals surface area (Å²) in [6.07, 6.45) is 0. The highest BCUT2D eigenvalue weighted by Gasteiger charge is 2.23. The Morgan fingerprint density at radius 3 is 1.02 bits per heavy atom. The minimum Gasteiger partial charge on any atom is -0.507 e. The van der Waals surface area contributed by atoms with E-state index in [0.717, 1.165) is 114 Å². The van der Waals surface area contributed by atoms with Crippen molar-refractivity contribution in [3.05, 3.63) is 46.5 Å². The molecule has 2 aromatic carbocycles. The van der Waals surface area contributed by atoms with Crippen LogP contribution in [0.2, 0.25) is 0 Å². The predicted molar refractivity (Wildman–Crippen MR) is 160 cm³/mol. The average Bonchev–Trinajstić information content (AvgIpc) is 3.02. The van der Waals surface area contributed by atoms with Crippen LogP contribution in [0.25, 0.3) is 11.1 Å². The van der Waals surface area contributed by atoms with Gasteiger partial charge in [-0.15, -0.1) is 0 Å². The number of nitrogens with zero attached hydrogens (tertiary/aromatic N) is 4. The highest BCUT2D eigenvalue weighted by Crippen LogP contribution is 2.42. The molecule has 6 rings (SSSR count). The lowest BCUT2D eigenvalue weighted by molar-refractivity contribution is 0.0330. The van der Waals surface area contributed by atoms with Gasteiger partial charge in [0.15, 0.2) is 0 Å². The van der Waals surface area contributed by atoms with Crippen molar-refractivity contribution in [1.29, 1.82) is 0 Å². The van der Waals surface area contributed by atoms with Crippen LogP contribution in [0.15, 0.2) is 24.3 Å². The molecule has 42 heavy (non-hydrogen) atoms. The number of benzene rings is 2. The molecule has 0 spiro atoms. The van der Waals surface area contributed by atoms with Crippen LogP contribution >= 0.6 is 0 Å². The molecule has 230 valence electrons. The first-order chi connectivity index (χ1) is 20.6. The Labute approximate surface area is 249 Å². The van der Waals surface area contributed by atoms with Crippen molar-refractivity contribution in [2.24, 2.45) is 0 Å². The molecule has 10 heteroatoms. The van der Waals surface area contributed by atoms with E-state index in [0.29, 0.717) is 50.6 Å². The summed E-state index contributed by atoms with van der Waals surface area (Å²) in [4.78, 5) is 9.46. The molecule has 4 aliphatic rings. The summed E-state index contributed by atoms with van der Waals surface area (Å²) in [6, 6.07) is 8.46. The van der Waals surface area contributed by atoms with E-state index in [2.05, 4.69) is 43.9 Å². The third kappa shape index (κ3) is 7.62. The van der Waals surface area contributed by atoms with Crippen LogP contribution in [0.4, 0.5) is 0 Å². The molecule has 10 nitrogen and oxygen atoms in total. The molecule has 2 N–H and O–H groups in total. The lowest BCUT2D eigenvalue weighted by Crippen LogP contribution is -2.36. The van der Waals surface area contributed by atoms with Crippen molar-refractivity contribution in [1.82, 2.24) is 19.6 Å². The predicted octanol–water partition coefficient (Wildman–Crippen LogP) is 2.09. The van der Waals surface area contributed by atoms with Gasteiger partial charge in [0, 0.05) is 101 Å². The molecule has 0 amide bonds. The number of aromatic hydroxyl groups is 2. The molecule has 0 aliphatic carbocycles. The summed E-state index contributed by atoms with van der Waals surface area (Å²) in [5.74, 6) is 0.506. The summed E-state index contributed by atoms with van der Waals surface area (Å²) < 4.78 is 22.3. The van der Waals surface area contributed by atoms with Gasteiger partial charge < -0.3 is 29.2 Å². The van der Waals surface area contributed by atoms with Crippen molar-refractivity contribution < 1.29 is 29.2 Å². The number of rotatable bonds is 9. The summed E-state index contributed by atoms with van der Waals surface area (Å²) >= 11 is 0. The SMILES string of the molecule is Oc1c(CN2CCOCC2)cc(CN2CCOCC2)cc1-c1cc(CN2CCOCC2)cc(CN2CCOCC2)c1O. The molecular formula is C32H46N4O6. The van der Waals surface area contributed by atoms with Crippen molar-refractivity contribution in [3.63, 3.8) is 0 Å². The summed E-state index contributed by atoms with van der Waals surface area (Å²) in [6.45, 7) is 15.5. The fraction of sp³-hybridized carbons (Fsp3) is 0.625. The first kappa shape index (κ1) is 29.8. The first-order valence-corrected chi connectivity index (χ1v) is 15.5. The Morgan fingerprint density at radius 1 is 0.429 bits per heavy atom. The average molecular weight is 583 g/mol. The minimum absolute atomic E-state index is 0.253. The topological polar surface area (TPSA) is 90.3 Å². The van der Waals surface area contributed by atoms with Gasteiger partial charge in [-0.25, -0.2) is 0 Å². The second kappa shape index (κ2) is 14.5. The number of hydrogen-bond acceptors (Lipinski definition) is 10. The van der Waals surface area contributed by atoms with E-state index in [1.54, 1.807) is 0 Å². The molecule has 4 heterocycles. The molecule has 0 radical (unpaired) electrons. The Balaban J connectivity index is 1.38. The van der Waals surface area contributed by atoms with Gasteiger partial charge in [-0.05, 0) is 35.4 Å². The van der Waals surface area contributed by atoms with Crippen LogP contribution in [0.1, 0.15) is 22.3 Å². The van der Waals surface area contributed by atoms with Gasteiger partial charge in [0.05, 0.1) is 52.9 Å². The van der Waals surface area contributed by atoms with Crippen LogP contribution < -0.4 is 0 Å². The van der Waals surface area contributed by atoms with Crippen LogP contribution in [0.3, 0.4) is 0 Å². The zero-order chi connectivity index (χ0) is 28.7. The molecule has 2 aromatic rings. The Kier molecular flexibility index (Phi) is 10.3. The first-order valence-electron chi connectivity index (χ1n) is 15.5. The summed E-state index contributed by atoms with van der Waals surface area (Å²) in [7, 11) is 0. The third-order valence-corrected chi connectivity index (χ3v) is 8.80. The normalized spacial score (nSPS) is 22.0. The maximum atomic E-state index is 11.8. The highest BCUT2D eigenvalue weighted by atomic mass is 16.5. The van der Waals surface area contributed by atoms with Crippen molar-refractivity contribution in [3.8, 4) is 22.6 Å². The van der Waals surface area contributed by atoms with Gasteiger partial charge >= 0.3 is 0 Å². The fourth-order valence-corrected chi connectivity index (χ4v) is 6.39. The minimum atomic E-state index is 0.253. The highest BCUT2D eigenvalue weighted by molar-refractivity contribution is 5.79. The van der Waals surface area contributed by atoms with Crippen LogP contribution in [-0.4, -0.2) is 135 Å². The largest absolute Gasteiger partial charge is 0.507 e. The van der Waals surface area contributed by atoms with E-state index in [4.69, 9.17) is 18.9 Å². The maximum absolute atomic E-state index is 11.8. The van der Waals surface area contributed by atoms with Crippen LogP contribution in [0.5, 0.6) is 11.5 Å². The van der Waals surface area contributed by atoms with Gasteiger partial charge in [0.25, 0.3) is 0 Å². The van der Waals surface area contributed by atoms with E-state index in [1.165, 1.54) is 0 Å². The second-order valence-corrected chi connectivity index (χ2v) is 11.9. The lowest BCUT2D eigenvalue weighted by atomic mass is 9.93. The summed E-state index contributed by atoms with van der Waals surface area (Å²) in [5, 5.41) is 23.6. The van der Waals surface area contributed by atoms with Crippen molar-refractivity contribution in [2.45, 2.75) is 26.2 Å². The van der Waals surface area contributed by atoms with Gasteiger partial charge in [-0.1, -0.05) is 0 Å². The van der Waals surface area contributed by atoms with E-state index < -0.39 is 0 Å². The third-order valence-electron chi connectivity index (χ3n) is 8.80. The van der Waals surface area contributed by atoms with Gasteiger partial charge in [-0.2, -0.15) is 0 Å². The van der Waals surface area contributed by atoms with E-state index in [1.807, 2.05) is 0 Å². The molecule has 4 aliphatic heterocycles. The number of phenolic OH excluding ortho intramolecular Hbond substituents is 2. The molecule has 4 saturated heterocycles.